The van der Waals surface area contributed by atoms with E-state index in [2.05, 4.69) is 55.3 Å². The van der Waals surface area contributed by atoms with Gasteiger partial charge in [0.25, 0.3) is 0 Å². The van der Waals surface area contributed by atoms with Crippen LogP contribution in [-0.4, -0.2) is 58.2 Å². The number of nitrogens with two attached hydrogens (primary N) is 1. The van der Waals surface area contributed by atoms with Gasteiger partial charge < -0.3 is 20.5 Å². The van der Waals surface area contributed by atoms with E-state index in [0.29, 0.717) is 38.8 Å². The van der Waals surface area contributed by atoms with E-state index >= 15 is 0 Å². The highest BCUT2D eigenvalue weighted by atomic mass is 32.1. The summed E-state index contributed by atoms with van der Waals surface area (Å²) in [7, 11) is 0. The van der Waals surface area contributed by atoms with Gasteiger partial charge in [-0.05, 0) is 43.2 Å². The van der Waals surface area contributed by atoms with Gasteiger partial charge in [0.1, 0.15) is 18.0 Å². The minimum atomic E-state index is -0.764. The van der Waals surface area contributed by atoms with E-state index in [1.807, 2.05) is 39.1 Å². The van der Waals surface area contributed by atoms with Gasteiger partial charge in [-0.15, -0.1) is 11.3 Å². The first kappa shape index (κ1) is 37.6. The van der Waals surface area contributed by atoms with E-state index in [1.54, 1.807) is 23.2 Å². The van der Waals surface area contributed by atoms with Crippen LogP contribution >= 0.6 is 11.3 Å². The number of β-amino-alcohol motifs (C(OH)–C–C–N with tert-alkyl or cyclic N) is 1. The number of Topliss-reactive ketones (excluding diaryl/α,β-unsaturated/α-hetero) is 1. The van der Waals surface area contributed by atoms with E-state index in [9.17, 15) is 19.5 Å². The lowest BCUT2D eigenvalue weighted by atomic mass is 9.91. The monoisotopic (exact) mass is 613 g/mol. The maximum atomic E-state index is 12.6. The number of ketones is 1. The Balaban J connectivity index is 0.000000473. The zero-order valence-electron chi connectivity index (χ0n) is 26.5. The number of amides is 2. The molecule has 1 aromatic carbocycles. The summed E-state index contributed by atoms with van der Waals surface area (Å²) in [5, 5.41) is 21.8. The molecule has 11 heteroatoms. The first-order valence-electron chi connectivity index (χ1n) is 14.3. The maximum Gasteiger partial charge on any atom is 0.237 e. The average molecular weight is 614 g/mol. The fourth-order valence-electron chi connectivity index (χ4n) is 3.97. The summed E-state index contributed by atoms with van der Waals surface area (Å²) in [4.78, 5) is 48.4. The van der Waals surface area contributed by atoms with Crippen LogP contribution in [0.3, 0.4) is 0 Å². The van der Waals surface area contributed by atoms with Crippen molar-refractivity contribution in [2.75, 3.05) is 6.54 Å². The van der Waals surface area contributed by atoms with Crippen molar-refractivity contribution in [1.82, 2.24) is 15.2 Å². The molecule has 2 fully saturated rings. The van der Waals surface area contributed by atoms with E-state index in [4.69, 9.17) is 15.8 Å². The molecule has 2 aromatic rings. The van der Waals surface area contributed by atoms with Crippen molar-refractivity contribution in [2.45, 2.75) is 93.0 Å². The molecule has 4 N–H and O–H groups in total. The first-order valence-corrected chi connectivity index (χ1v) is 15.2. The van der Waals surface area contributed by atoms with Crippen LogP contribution in [0.15, 0.2) is 29.8 Å². The number of primary amides is 1. The number of hydrogen-bond acceptors (Lipinski definition) is 9. The number of carbonyl (C=O) groups is 4. The highest BCUT2D eigenvalue weighted by Gasteiger charge is 2.49. The second kappa shape index (κ2) is 17.0. The number of nitrogens with zero attached hydrogens (tertiary/aromatic N) is 3. The van der Waals surface area contributed by atoms with Crippen molar-refractivity contribution >= 4 is 35.7 Å². The lowest BCUT2D eigenvalue weighted by molar-refractivity contribution is -0.134. The summed E-state index contributed by atoms with van der Waals surface area (Å²) in [5.41, 5.74) is 9.32. The molecule has 1 aliphatic heterocycles. The quantitative estimate of drug-likeness (QED) is 0.414. The van der Waals surface area contributed by atoms with E-state index in [0.717, 1.165) is 11.3 Å². The molecule has 0 spiro atoms. The first-order chi connectivity index (χ1) is 20.1. The molecule has 0 radical (unpaired) electrons. The summed E-state index contributed by atoms with van der Waals surface area (Å²) >= 11 is 1.65. The molecule has 1 saturated heterocycles. The number of benzene rings is 1. The van der Waals surface area contributed by atoms with Crippen LogP contribution in [0.5, 0.6) is 0 Å². The molecule has 2 amide bonds. The topological polar surface area (TPSA) is 166 Å². The summed E-state index contributed by atoms with van der Waals surface area (Å²) < 4.78 is 0. The van der Waals surface area contributed by atoms with Crippen molar-refractivity contribution < 1.29 is 24.3 Å². The minimum Gasteiger partial charge on any atom is -0.391 e. The lowest BCUT2D eigenvalue weighted by Gasteiger charge is -2.28. The Morgan fingerprint density at radius 2 is 1.79 bits per heavy atom. The van der Waals surface area contributed by atoms with Crippen LogP contribution in [0.25, 0.3) is 10.4 Å². The molecule has 2 heterocycles. The van der Waals surface area contributed by atoms with Gasteiger partial charge in [0, 0.05) is 31.8 Å². The number of thiazole rings is 1. The van der Waals surface area contributed by atoms with Crippen LogP contribution in [0.2, 0.25) is 0 Å². The van der Waals surface area contributed by atoms with Gasteiger partial charge in [-0.2, -0.15) is 5.26 Å². The number of carbonyl (C=O) groups excluding carboxylic acids is 4. The number of aliphatic hydroxyl groups excluding tert-OH is 1. The average Bonchev–Trinajstić information content (AvgIpc) is 3.50. The smallest absolute Gasteiger partial charge is 0.237 e. The van der Waals surface area contributed by atoms with Gasteiger partial charge in [-0.25, -0.2) is 4.98 Å². The number of aromatic nitrogens is 1. The Bertz CT molecular complexity index is 1240. The largest absolute Gasteiger partial charge is 0.391 e. The van der Waals surface area contributed by atoms with Crippen LogP contribution in [-0.2, 0) is 25.7 Å². The zero-order valence-corrected chi connectivity index (χ0v) is 27.3. The van der Waals surface area contributed by atoms with Gasteiger partial charge in [0.2, 0.25) is 11.8 Å². The second-order valence-corrected chi connectivity index (χ2v) is 13.2. The van der Waals surface area contributed by atoms with Crippen molar-refractivity contribution in [2.24, 2.45) is 22.5 Å². The number of likely N-dealkylation sites (tertiary alicyclic amines) is 1. The fraction of sp³-hybridized carbons (Fsp3) is 0.562. The number of aliphatic hydroxyl groups is 1. The van der Waals surface area contributed by atoms with Gasteiger partial charge in [0.15, 0.2) is 0 Å². The number of rotatable bonds is 7. The van der Waals surface area contributed by atoms with Crippen molar-refractivity contribution in [3.63, 3.8) is 0 Å². The van der Waals surface area contributed by atoms with E-state index < -0.39 is 17.4 Å². The van der Waals surface area contributed by atoms with Gasteiger partial charge in [-0.1, -0.05) is 58.9 Å². The number of hydrogen-bond donors (Lipinski definition) is 3. The molecule has 0 bridgehead atoms. The lowest BCUT2D eigenvalue weighted by Crippen LogP contribution is -2.45. The summed E-state index contributed by atoms with van der Waals surface area (Å²) in [6.07, 6.45) is 1.80. The van der Waals surface area contributed by atoms with Crippen LogP contribution in [0, 0.1) is 35.0 Å². The Morgan fingerprint density at radius 1 is 1.23 bits per heavy atom. The molecular weight excluding hydrogens is 566 g/mol. The predicted molar refractivity (Wildman–Crippen MR) is 168 cm³/mol. The third-order valence-electron chi connectivity index (χ3n) is 7.03. The Kier molecular flexibility index (Phi) is 14.8. The molecule has 2 aliphatic rings. The molecule has 4 rings (SSSR count). The zero-order chi connectivity index (χ0) is 33.0. The highest BCUT2D eigenvalue weighted by molar-refractivity contribution is 7.13. The van der Waals surface area contributed by atoms with Gasteiger partial charge >= 0.3 is 0 Å². The Hall–Kier alpha value is -3.46. The SMILES string of the molecule is C=O.CC(=O)C(C)C.Cc1ncsc1-c1ccc(CNC2CC(O)CN2C(=O)CC(C)(C)C)cc1.N#CC1(C(N)=O)CC1. The van der Waals surface area contributed by atoms with E-state index in [-0.39, 0.29) is 29.2 Å². The molecule has 2 unspecified atom stereocenters. The van der Waals surface area contributed by atoms with Crippen molar-refractivity contribution in [3.8, 4) is 16.5 Å². The third-order valence-corrected chi connectivity index (χ3v) is 8.01. The molecule has 1 aliphatic carbocycles. The molecule has 10 nitrogen and oxygen atoms in total. The van der Waals surface area contributed by atoms with E-state index in [1.165, 1.54) is 10.4 Å². The Morgan fingerprint density at radius 3 is 2.16 bits per heavy atom. The molecule has 2 atom stereocenters. The minimum absolute atomic E-state index is 0.0558. The van der Waals surface area contributed by atoms with Crippen LogP contribution < -0.4 is 11.1 Å². The molecule has 1 saturated carbocycles. The normalized spacial score (nSPS) is 18.1. The number of aryl methyl sites for hydroxylation is 1. The summed E-state index contributed by atoms with van der Waals surface area (Å²) in [6.45, 7) is 16.7. The van der Waals surface area contributed by atoms with Gasteiger partial charge in [-0.3, -0.25) is 19.7 Å². The van der Waals surface area contributed by atoms with Gasteiger partial charge in [0.05, 0.1) is 34.4 Å². The molecular formula is C32H47N5O5S. The third kappa shape index (κ3) is 12.4. The second-order valence-electron chi connectivity index (χ2n) is 12.4. The van der Waals surface area contributed by atoms with Crippen molar-refractivity contribution in [3.05, 3.63) is 41.0 Å². The van der Waals surface area contributed by atoms with Crippen LogP contribution in [0.1, 0.15) is 78.5 Å². The standard InChI is InChI=1S/C21H29N3O2S.C5H6N2O.C5H10O.CH2O/c1-14-20(27-13-23-14)16-7-5-15(6-8-16)11-22-18-9-17(25)12-24(18)19(26)10-21(2,3)4;6-3-5(1-2-5)4(7)8;1-4(2)5(3)6;1-2/h5-8,13,17-18,22,25H,9-12H2,1-4H3;1-2H2,(H2,7,8);4H,1-3H3;1H2. The number of nitriles is 1. The summed E-state index contributed by atoms with van der Waals surface area (Å²) in [5.74, 6) is 0.104. The molecule has 43 heavy (non-hydrogen) atoms. The van der Waals surface area contributed by atoms with Crippen molar-refractivity contribution in [1.29, 1.82) is 5.26 Å². The van der Waals surface area contributed by atoms with Crippen LogP contribution in [0.4, 0.5) is 0 Å². The number of nitrogens with one attached hydrogen (secondary N) is 1. The predicted octanol–water partition coefficient (Wildman–Crippen LogP) is 4.39. The highest BCUT2D eigenvalue weighted by Crippen LogP contribution is 2.44. The Labute approximate surface area is 259 Å². The molecule has 236 valence electrons. The molecule has 1 aromatic heterocycles. The summed E-state index contributed by atoms with van der Waals surface area (Å²) in [6, 6.07) is 10.3. The maximum absolute atomic E-state index is 12.6. The fourth-order valence-corrected chi connectivity index (χ4v) is 4.78.